The first-order valence-corrected chi connectivity index (χ1v) is 8.12. The summed E-state index contributed by atoms with van der Waals surface area (Å²) in [6.45, 7) is 1.07. The normalized spacial score (nSPS) is 24.5. The first-order chi connectivity index (χ1) is 10.6. The summed E-state index contributed by atoms with van der Waals surface area (Å²) in [6, 6.07) is 2.34. The van der Waals surface area contributed by atoms with Crippen LogP contribution in [0.2, 0.25) is 0 Å². The molecule has 6 nitrogen and oxygen atoms in total. The maximum absolute atomic E-state index is 12.3. The molecule has 0 unspecified atom stereocenters. The Morgan fingerprint density at radius 2 is 2.05 bits per heavy atom. The molecule has 6 heteroatoms. The number of carbonyl (C=O) groups is 2. The second-order valence-corrected chi connectivity index (χ2v) is 6.35. The molecule has 2 rings (SSSR count). The van der Waals surface area contributed by atoms with Gasteiger partial charge in [0.1, 0.15) is 5.54 Å². The first kappa shape index (κ1) is 16.8. The average Bonchev–Trinajstić information content (AvgIpc) is 2.98. The van der Waals surface area contributed by atoms with Gasteiger partial charge in [-0.1, -0.05) is 6.42 Å². The Kier molecular flexibility index (Phi) is 5.78. The van der Waals surface area contributed by atoms with Crippen LogP contribution in [0, 0.1) is 11.3 Å². The standard InChI is InChI=1S/C16H25N3O3/c1-22-15(21)10-13-6-2-5-9-19(13)11-14(20)18-16(12-17)7-3-4-8-16/h13H,2-11H2,1H3,(H,18,20)/t13-/m0/s1. The largest absolute Gasteiger partial charge is 0.469 e. The number of hydrogen-bond donors (Lipinski definition) is 1. The molecule has 0 aromatic heterocycles. The van der Waals surface area contributed by atoms with E-state index in [0.29, 0.717) is 6.42 Å². The third-order valence-corrected chi connectivity index (χ3v) is 4.78. The molecule has 1 saturated heterocycles. The maximum Gasteiger partial charge on any atom is 0.307 e. The zero-order chi connectivity index (χ0) is 16.0. The number of likely N-dealkylation sites (tertiary alicyclic amines) is 1. The highest BCUT2D eigenvalue weighted by Crippen LogP contribution is 2.29. The Bertz CT molecular complexity index is 452. The van der Waals surface area contributed by atoms with Crippen LogP contribution in [0.25, 0.3) is 0 Å². The fourth-order valence-corrected chi connectivity index (χ4v) is 3.51. The van der Waals surface area contributed by atoms with Crippen LogP contribution in [0.5, 0.6) is 0 Å². The second kappa shape index (κ2) is 7.59. The molecular weight excluding hydrogens is 282 g/mol. The van der Waals surface area contributed by atoms with E-state index >= 15 is 0 Å². The Morgan fingerprint density at radius 3 is 2.68 bits per heavy atom. The van der Waals surface area contributed by atoms with Gasteiger partial charge in [0.25, 0.3) is 0 Å². The predicted molar refractivity (Wildman–Crippen MR) is 80.8 cm³/mol. The molecule has 1 atom stereocenters. The Morgan fingerprint density at radius 1 is 1.32 bits per heavy atom. The Labute approximate surface area is 131 Å². The molecule has 1 heterocycles. The molecule has 2 aliphatic rings. The number of rotatable bonds is 5. The van der Waals surface area contributed by atoms with Crippen molar-refractivity contribution in [2.75, 3.05) is 20.2 Å². The summed E-state index contributed by atoms with van der Waals surface area (Å²) in [7, 11) is 1.39. The van der Waals surface area contributed by atoms with Crippen LogP contribution in [0.15, 0.2) is 0 Å². The molecule has 0 aromatic rings. The summed E-state index contributed by atoms with van der Waals surface area (Å²) in [4.78, 5) is 25.9. The Balaban J connectivity index is 1.90. The quantitative estimate of drug-likeness (QED) is 0.775. The number of nitriles is 1. The molecule has 1 amide bonds. The van der Waals surface area contributed by atoms with E-state index in [2.05, 4.69) is 16.3 Å². The number of piperidine rings is 1. The highest BCUT2D eigenvalue weighted by molar-refractivity contribution is 5.79. The van der Waals surface area contributed by atoms with Crippen molar-refractivity contribution in [1.29, 1.82) is 5.26 Å². The van der Waals surface area contributed by atoms with Crippen LogP contribution < -0.4 is 5.32 Å². The molecule has 1 aliphatic heterocycles. The summed E-state index contributed by atoms with van der Waals surface area (Å²) < 4.78 is 4.74. The van der Waals surface area contributed by atoms with Gasteiger partial charge in [-0.15, -0.1) is 0 Å². The second-order valence-electron chi connectivity index (χ2n) is 6.35. The van der Waals surface area contributed by atoms with Crippen LogP contribution >= 0.6 is 0 Å². The van der Waals surface area contributed by atoms with E-state index in [-0.39, 0.29) is 24.5 Å². The van der Waals surface area contributed by atoms with Crippen molar-refractivity contribution >= 4 is 11.9 Å². The van der Waals surface area contributed by atoms with Crippen LogP contribution in [0.3, 0.4) is 0 Å². The van der Waals surface area contributed by atoms with E-state index in [9.17, 15) is 14.9 Å². The molecule has 1 saturated carbocycles. The summed E-state index contributed by atoms with van der Waals surface area (Å²) in [6.07, 6.45) is 6.79. The summed E-state index contributed by atoms with van der Waals surface area (Å²) in [5, 5.41) is 12.3. The predicted octanol–water partition coefficient (Wildman–Crippen LogP) is 1.36. The van der Waals surface area contributed by atoms with Gasteiger partial charge in [-0.05, 0) is 45.1 Å². The number of nitrogens with one attached hydrogen (secondary N) is 1. The van der Waals surface area contributed by atoms with Gasteiger partial charge in [-0.3, -0.25) is 14.5 Å². The zero-order valence-electron chi connectivity index (χ0n) is 13.3. The van der Waals surface area contributed by atoms with Crippen molar-refractivity contribution in [3.05, 3.63) is 0 Å². The van der Waals surface area contributed by atoms with Crippen molar-refractivity contribution in [2.45, 2.75) is 62.9 Å². The van der Waals surface area contributed by atoms with Gasteiger partial charge in [0.05, 0.1) is 26.1 Å². The van der Waals surface area contributed by atoms with Gasteiger partial charge in [-0.2, -0.15) is 5.26 Å². The minimum Gasteiger partial charge on any atom is -0.469 e. The van der Waals surface area contributed by atoms with Gasteiger partial charge in [0, 0.05) is 6.04 Å². The molecule has 0 aromatic carbocycles. The van der Waals surface area contributed by atoms with E-state index in [0.717, 1.165) is 51.5 Å². The number of nitrogens with zero attached hydrogens (tertiary/aromatic N) is 2. The highest BCUT2D eigenvalue weighted by Gasteiger charge is 2.36. The van der Waals surface area contributed by atoms with Crippen molar-refractivity contribution < 1.29 is 14.3 Å². The Hall–Kier alpha value is -1.61. The third-order valence-electron chi connectivity index (χ3n) is 4.78. The third kappa shape index (κ3) is 4.20. The van der Waals surface area contributed by atoms with Crippen LogP contribution in [0.4, 0.5) is 0 Å². The molecule has 0 bridgehead atoms. The number of hydrogen-bond acceptors (Lipinski definition) is 5. The molecule has 1 N–H and O–H groups in total. The van der Waals surface area contributed by atoms with E-state index in [4.69, 9.17) is 4.74 Å². The van der Waals surface area contributed by atoms with Gasteiger partial charge >= 0.3 is 5.97 Å². The van der Waals surface area contributed by atoms with E-state index in [1.165, 1.54) is 7.11 Å². The number of esters is 1. The molecule has 122 valence electrons. The molecule has 1 aliphatic carbocycles. The number of methoxy groups -OCH3 is 1. The van der Waals surface area contributed by atoms with Gasteiger partial charge in [0.2, 0.25) is 5.91 Å². The fourth-order valence-electron chi connectivity index (χ4n) is 3.51. The minimum atomic E-state index is -0.676. The van der Waals surface area contributed by atoms with Gasteiger partial charge in [-0.25, -0.2) is 0 Å². The average molecular weight is 307 g/mol. The summed E-state index contributed by atoms with van der Waals surface area (Å²) in [5.74, 6) is -0.346. The SMILES string of the molecule is COC(=O)C[C@@H]1CCCCN1CC(=O)NC1(C#N)CCCC1. The number of amides is 1. The van der Waals surface area contributed by atoms with Crippen LogP contribution in [-0.2, 0) is 14.3 Å². The number of ether oxygens (including phenoxy) is 1. The topological polar surface area (TPSA) is 82.4 Å². The van der Waals surface area contributed by atoms with Gasteiger partial charge in [0.15, 0.2) is 0 Å². The van der Waals surface area contributed by atoms with Crippen molar-refractivity contribution in [3.8, 4) is 6.07 Å². The van der Waals surface area contributed by atoms with Crippen molar-refractivity contribution in [1.82, 2.24) is 10.2 Å². The fraction of sp³-hybridized carbons (Fsp3) is 0.812. The van der Waals surface area contributed by atoms with E-state index in [1.807, 2.05) is 0 Å². The monoisotopic (exact) mass is 307 g/mol. The van der Waals surface area contributed by atoms with E-state index < -0.39 is 5.54 Å². The van der Waals surface area contributed by atoms with Crippen LogP contribution in [-0.4, -0.2) is 48.6 Å². The highest BCUT2D eigenvalue weighted by atomic mass is 16.5. The van der Waals surface area contributed by atoms with E-state index in [1.54, 1.807) is 0 Å². The molecule has 0 spiro atoms. The summed E-state index contributed by atoms with van der Waals surface area (Å²) >= 11 is 0. The maximum atomic E-state index is 12.3. The zero-order valence-corrected chi connectivity index (χ0v) is 13.3. The lowest BCUT2D eigenvalue weighted by molar-refractivity contribution is -0.143. The van der Waals surface area contributed by atoms with Gasteiger partial charge < -0.3 is 10.1 Å². The first-order valence-electron chi connectivity index (χ1n) is 8.12. The lowest BCUT2D eigenvalue weighted by Crippen LogP contribution is -2.52. The van der Waals surface area contributed by atoms with Crippen molar-refractivity contribution in [2.24, 2.45) is 0 Å². The molecular formula is C16H25N3O3. The molecule has 22 heavy (non-hydrogen) atoms. The number of carbonyl (C=O) groups excluding carboxylic acids is 2. The smallest absolute Gasteiger partial charge is 0.307 e. The molecule has 2 fully saturated rings. The van der Waals surface area contributed by atoms with Crippen molar-refractivity contribution in [3.63, 3.8) is 0 Å². The van der Waals surface area contributed by atoms with Crippen LogP contribution in [0.1, 0.15) is 51.4 Å². The lowest BCUT2D eigenvalue weighted by atomic mass is 9.98. The molecule has 0 radical (unpaired) electrons. The summed E-state index contributed by atoms with van der Waals surface area (Å²) in [5.41, 5.74) is -0.676. The lowest BCUT2D eigenvalue weighted by Gasteiger charge is -2.35. The minimum absolute atomic E-state index is 0.0635.